The topological polar surface area (TPSA) is 54.0 Å². The third-order valence-electron chi connectivity index (χ3n) is 3.24. The van der Waals surface area contributed by atoms with Crippen LogP contribution in [-0.4, -0.2) is 8.42 Å². The molecule has 0 fully saturated rings. The smallest absolute Gasteiger partial charge is 0.192 e. The Morgan fingerprint density at radius 3 is 2.05 bits per heavy atom. The Labute approximate surface area is 117 Å². The fourth-order valence-electron chi connectivity index (χ4n) is 2.37. The molecular weight excluding hydrogens is 272 g/mol. The van der Waals surface area contributed by atoms with Crippen LogP contribution in [0.3, 0.4) is 0 Å². The van der Waals surface area contributed by atoms with E-state index < -0.39 is 10.1 Å². The molecule has 99 valence electrons. The second kappa shape index (κ2) is 4.74. The standard InChI is InChI=1S/C16H11O3S/c17-20(18,19)16-11-4-3-9-15(16)14-10-5-7-12-6-1-2-8-13(12)14/h1-11H. The van der Waals surface area contributed by atoms with Crippen LogP contribution in [0, 0.1) is 0 Å². The molecule has 3 nitrogen and oxygen atoms in total. The highest BCUT2D eigenvalue weighted by atomic mass is 32.2. The van der Waals surface area contributed by atoms with Gasteiger partial charge in [-0.25, -0.2) is 0 Å². The normalized spacial score (nSPS) is 11.7. The van der Waals surface area contributed by atoms with Gasteiger partial charge in [0, 0.05) is 5.56 Å². The molecular formula is C16H11O3S. The Kier molecular flexibility index (Phi) is 3.04. The first-order valence-electron chi connectivity index (χ1n) is 6.10. The third-order valence-corrected chi connectivity index (χ3v) is 4.13. The van der Waals surface area contributed by atoms with E-state index in [9.17, 15) is 13.0 Å². The summed E-state index contributed by atoms with van der Waals surface area (Å²) in [6.07, 6.45) is 0. The molecule has 1 radical (unpaired) electrons. The van der Waals surface area contributed by atoms with E-state index in [-0.39, 0.29) is 4.90 Å². The van der Waals surface area contributed by atoms with Gasteiger partial charge < -0.3 is 0 Å². The molecule has 4 heteroatoms. The fraction of sp³-hybridized carbons (Fsp3) is 0. The number of fused-ring (bicyclic) bond motifs is 1. The Hall–Kier alpha value is -2.17. The van der Waals surface area contributed by atoms with Gasteiger partial charge >= 0.3 is 10.1 Å². The molecule has 0 aromatic heterocycles. The second-order valence-corrected chi connectivity index (χ2v) is 5.83. The molecule has 20 heavy (non-hydrogen) atoms. The van der Waals surface area contributed by atoms with Crippen LogP contribution in [0.15, 0.2) is 71.6 Å². The average molecular weight is 283 g/mol. The van der Waals surface area contributed by atoms with Crippen molar-refractivity contribution in [1.29, 1.82) is 0 Å². The molecule has 0 aliphatic rings. The highest BCUT2D eigenvalue weighted by Gasteiger charge is 2.18. The first-order valence-corrected chi connectivity index (χ1v) is 7.51. The molecule has 3 aromatic carbocycles. The summed E-state index contributed by atoms with van der Waals surface area (Å²) in [6, 6.07) is 19.6. The Morgan fingerprint density at radius 2 is 1.25 bits per heavy atom. The van der Waals surface area contributed by atoms with Crippen molar-refractivity contribution in [3.63, 3.8) is 0 Å². The molecule has 3 rings (SSSR count). The Morgan fingerprint density at radius 1 is 0.650 bits per heavy atom. The van der Waals surface area contributed by atoms with Crippen molar-refractivity contribution in [3.8, 4) is 11.1 Å². The van der Waals surface area contributed by atoms with Gasteiger partial charge in [-0.2, -0.15) is 8.42 Å². The van der Waals surface area contributed by atoms with Crippen LogP contribution in [0.2, 0.25) is 0 Å². The Bertz CT molecular complexity index is 878. The van der Waals surface area contributed by atoms with Gasteiger partial charge in [0.05, 0.1) is 0 Å². The number of hydrogen-bond donors (Lipinski definition) is 0. The maximum Gasteiger partial charge on any atom is 0.324 e. The van der Waals surface area contributed by atoms with Crippen molar-refractivity contribution in [3.05, 3.63) is 66.7 Å². The lowest BCUT2D eigenvalue weighted by Crippen LogP contribution is -1.99. The minimum absolute atomic E-state index is 0.184. The third kappa shape index (κ3) is 2.19. The fourth-order valence-corrected chi connectivity index (χ4v) is 3.06. The zero-order valence-electron chi connectivity index (χ0n) is 10.5. The van der Waals surface area contributed by atoms with Crippen molar-refractivity contribution < 1.29 is 13.0 Å². The molecule has 0 amide bonds. The van der Waals surface area contributed by atoms with E-state index in [1.54, 1.807) is 18.2 Å². The maximum absolute atomic E-state index is 11.4. The zero-order chi connectivity index (χ0) is 14.2. The maximum atomic E-state index is 11.4. The van der Waals surface area contributed by atoms with Crippen molar-refractivity contribution in [1.82, 2.24) is 0 Å². The van der Waals surface area contributed by atoms with E-state index >= 15 is 0 Å². The van der Waals surface area contributed by atoms with Crippen LogP contribution in [0.1, 0.15) is 0 Å². The molecule has 0 saturated heterocycles. The highest BCUT2D eigenvalue weighted by Crippen LogP contribution is 2.32. The lowest BCUT2D eigenvalue weighted by Gasteiger charge is -2.09. The monoisotopic (exact) mass is 283 g/mol. The van der Waals surface area contributed by atoms with E-state index in [1.165, 1.54) is 6.07 Å². The van der Waals surface area contributed by atoms with Gasteiger partial charge in [0.15, 0.2) is 0 Å². The largest absolute Gasteiger partial charge is 0.324 e. The van der Waals surface area contributed by atoms with Crippen LogP contribution >= 0.6 is 0 Å². The number of benzene rings is 3. The van der Waals surface area contributed by atoms with Gasteiger partial charge in [-0.1, -0.05) is 65.2 Å². The van der Waals surface area contributed by atoms with Gasteiger partial charge in [-0.05, 0) is 22.4 Å². The first-order chi connectivity index (χ1) is 9.57. The molecule has 3 aromatic rings. The van der Waals surface area contributed by atoms with Crippen LogP contribution in [0.4, 0.5) is 0 Å². The minimum Gasteiger partial charge on any atom is -0.192 e. The molecule has 0 heterocycles. The summed E-state index contributed by atoms with van der Waals surface area (Å²) >= 11 is 0. The molecule has 0 unspecified atom stereocenters. The van der Waals surface area contributed by atoms with Crippen LogP contribution in [0.5, 0.6) is 0 Å². The van der Waals surface area contributed by atoms with Gasteiger partial charge in [-0.15, -0.1) is 0 Å². The van der Waals surface area contributed by atoms with E-state index in [2.05, 4.69) is 0 Å². The van der Waals surface area contributed by atoms with Gasteiger partial charge in [-0.3, -0.25) is 0 Å². The Balaban J connectivity index is 2.38. The second-order valence-electron chi connectivity index (χ2n) is 4.48. The van der Waals surface area contributed by atoms with Gasteiger partial charge in [0.1, 0.15) is 4.90 Å². The molecule has 0 aliphatic heterocycles. The minimum atomic E-state index is -4.50. The van der Waals surface area contributed by atoms with E-state index in [0.29, 0.717) is 5.56 Å². The van der Waals surface area contributed by atoms with Crippen molar-refractivity contribution in [2.75, 3.05) is 0 Å². The SMILES string of the molecule is [O]S(=O)(=O)c1ccccc1-c1cccc2ccccc12. The lowest BCUT2D eigenvalue weighted by atomic mass is 9.98. The lowest BCUT2D eigenvalue weighted by molar-refractivity contribution is 0.414. The van der Waals surface area contributed by atoms with Gasteiger partial charge in [0.2, 0.25) is 0 Å². The summed E-state index contributed by atoms with van der Waals surface area (Å²) < 4.78 is 34.2. The molecule has 0 atom stereocenters. The van der Waals surface area contributed by atoms with Crippen molar-refractivity contribution >= 4 is 20.9 Å². The summed E-state index contributed by atoms with van der Waals surface area (Å²) in [5.74, 6) is 0. The average Bonchev–Trinajstić information content (AvgIpc) is 2.46. The quantitative estimate of drug-likeness (QED) is 0.721. The van der Waals surface area contributed by atoms with E-state index in [0.717, 1.165) is 16.3 Å². The highest BCUT2D eigenvalue weighted by molar-refractivity contribution is 7.85. The summed E-state index contributed by atoms with van der Waals surface area (Å²) in [4.78, 5) is -0.184. The summed E-state index contributed by atoms with van der Waals surface area (Å²) in [7, 11) is -4.50. The van der Waals surface area contributed by atoms with Crippen molar-refractivity contribution in [2.45, 2.75) is 4.90 Å². The van der Waals surface area contributed by atoms with Crippen molar-refractivity contribution in [2.24, 2.45) is 0 Å². The van der Waals surface area contributed by atoms with Crippen LogP contribution in [-0.2, 0) is 14.7 Å². The molecule has 0 bridgehead atoms. The van der Waals surface area contributed by atoms with Crippen LogP contribution in [0.25, 0.3) is 21.9 Å². The predicted molar refractivity (Wildman–Crippen MR) is 77.3 cm³/mol. The summed E-state index contributed by atoms with van der Waals surface area (Å²) in [6.45, 7) is 0. The van der Waals surface area contributed by atoms with E-state index in [1.807, 2.05) is 42.5 Å². The van der Waals surface area contributed by atoms with Gasteiger partial charge in [0.25, 0.3) is 0 Å². The molecule has 0 spiro atoms. The molecule has 0 saturated carbocycles. The summed E-state index contributed by atoms with van der Waals surface area (Å²) in [5, 5.41) is 1.93. The number of rotatable bonds is 2. The zero-order valence-corrected chi connectivity index (χ0v) is 11.3. The van der Waals surface area contributed by atoms with Crippen LogP contribution < -0.4 is 0 Å². The van der Waals surface area contributed by atoms with E-state index in [4.69, 9.17) is 0 Å². The first kappa shape index (κ1) is 12.8. The molecule has 0 aliphatic carbocycles. The number of hydrogen-bond acceptors (Lipinski definition) is 2. The molecule has 0 N–H and O–H groups in total. The summed E-state index contributed by atoms with van der Waals surface area (Å²) in [5.41, 5.74) is 1.19. The predicted octanol–water partition coefficient (Wildman–Crippen LogP) is 3.63.